The van der Waals surface area contributed by atoms with E-state index in [4.69, 9.17) is 9.84 Å². The predicted molar refractivity (Wildman–Crippen MR) is 90.7 cm³/mol. The van der Waals surface area contributed by atoms with E-state index in [9.17, 15) is 20.1 Å². The molecule has 1 fully saturated rings. The van der Waals surface area contributed by atoms with Crippen molar-refractivity contribution in [3.63, 3.8) is 0 Å². The number of aliphatic hydroxyl groups excluding tert-OH is 3. The number of ether oxygens (including phenoxy) is 1. The molecule has 140 valence electrons. The fourth-order valence-corrected chi connectivity index (χ4v) is 2.86. The second kappa shape index (κ2) is 11.6. The van der Waals surface area contributed by atoms with Gasteiger partial charge in [-0.3, -0.25) is 4.79 Å². The Labute approximate surface area is 144 Å². The lowest BCUT2D eigenvalue weighted by molar-refractivity contribution is -0.137. The van der Waals surface area contributed by atoms with Crippen molar-refractivity contribution in [2.45, 2.75) is 95.2 Å². The molecule has 0 aliphatic carbocycles. The first-order valence-electron chi connectivity index (χ1n) is 9.03. The molecule has 0 bridgehead atoms. The van der Waals surface area contributed by atoms with Crippen molar-refractivity contribution < 1.29 is 30.0 Å². The van der Waals surface area contributed by atoms with Gasteiger partial charge in [0.05, 0.1) is 24.4 Å². The molecule has 5 atom stereocenters. The summed E-state index contributed by atoms with van der Waals surface area (Å²) in [5, 5.41) is 38.2. The second-order valence-corrected chi connectivity index (χ2v) is 6.57. The van der Waals surface area contributed by atoms with Crippen molar-refractivity contribution in [2.24, 2.45) is 0 Å². The van der Waals surface area contributed by atoms with Gasteiger partial charge in [-0.05, 0) is 19.3 Å². The molecule has 0 aromatic rings. The highest BCUT2D eigenvalue weighted by molar-refractivity contribution is 5.66. The van der Waals surface area contributed by atoms with Gasteiger partial charge in [0.15, 0.2) is 0 Å². The molecule has 6 nitrogen and oxygen atoms in total. The number of rotatable bonds is 12. The Bertz CT molecular complexity index is 384. The van der Waals surface area contributed by atoms with Crippen molar-refractivity contribution >= 4 is 5.97 Å². The number of aliphatic carboxylic acids is 1. The zero-order valence-corrected chi connectivity index (χ0v) is 14.5. The zero-order valence-electron chi connectivity index (χ0n) is 14.5. The van der Waals surface area contributed by atoms with Crippen LogP contribution in [0.4, 0.5) is 0 Å². The summed E-state index contributed by atoms with van der Waals surface area (Å²) < 4.78 is 5.69. The quantitative estimate of drug-likeness (QED) is 0.319. The zero-order chi connectivity index (χ0) is 17.9. The van der Waals surface area contributed by atoms with E-state index in [-0.39, 0.29) is 12.5 Å². The molecule has 1 aliphatic rings. The minimum atomic E-state index is -0.752. The summed E-state index contributed by atoms with van der Waals surface area (Å²) in [6.45, 7) is 1.87. The van der Waals surface area contributed by atoms with E-state index in [0.29, 0.717) is 25.7 Å². The fraction of sp³-hybridized carbons (Fsp3) is 0.833. The number of carbonyl (C=O) groups is 1. The minimum Gasteiger partial charge on any atom is -0.481 e. The number of hydrogen-bond acceptors (Lipinski definition) is 5. The summed E-state index contributed by atoms with van der Waals surface area (Å²) in [5.41, 5.74) is 0. The Morgan fingerprint density at radius 3 is 2.54 bits per heavy atom. The molecule has 24 heavy (non-hydrogen) atoms. The minimum absolute atomic E-state index is 0.220. The lowest BCUT2D eigenvalue weighted by Gasteiger charge is -2.18. The third kappa shape index (κ3) is 8.24. The maximum Gasteiger partial charge on any atom is 0.303 e. The molecule has 0 saturated carbocycles. The van der Waals surface area contributed by atoms with E-state index >= 15 is 0 Å². The van der Waals surface area contributed by atoms with E-state index in [1.807, 2.05) is 6.92 Å². The number of unbranched alkanes of at least 4 members (excludes halogenated alkanes) is 4. The van der Waals surface area contributed by atoms with Gasteiger partial charge in [0.25, 0.3) is 0 Å². The molecule has 1 rings (SSSR count). The van der Waals surface area contributed by atoms with Gasteiger partial charge in [0, 0.05) is 12.8 Å². The van der Waals surface area contributed by atoms with E-state index in [0.717, 1.165) is 25.7 Å². The molecule has 0 unspecified atom stereocenters. The summed E-state index contributed by atoms with van der Waals surface area (Å²) in [5.74, 6) is -0.752. The Morgan fingerprint density at radius 2 is 1.88 bits per heavy atom. The van der Waals surface area contributed by atoms with Crippen LogP contribution in [0.3, 0.4) is 0 Å². The predicted octanol–water partition coefficient (Wildman–Crippen LogP) is 2.01. The van der Waals surface area contributed by atoms with Gasteiger partial charge in [-0.15, -0.1) is 0 Å². The van der Waals surface area contributed by atoms with Crippen LogP contribution in [-0.2, 0) is 9.53 Å². The third-order valence-electron chi connectivity index (χ3n) is 4.45. The number of carboxylic acids is 1. The van der Waals surface area contributed by atoms with E-state index < -0.39 is 30.4 Å². The summed E-state index contributed by atoms with van der Waals surface area (Å²) in [4.78, 5) is 10.4. The molecule has 0 amide bonds. The molecular weight excluding hydrogens is 312 g/mol. The van der Waals surface area contributed by atoms with Crippen LogP contribution in [0, 0.1) is 0 Å². The highest BCUT2D eigenvalue weighted by Gasteiger charge is 2.36. The van der Waals surface area contributed by atoms with Crippen LogP contribution < -0.4 is 0 Å². The largest absolute Gasteiger partial charge is 0.481 e. The van der Waals surface area contributed by atoms with Gasteiger partial charge in [0.1, 0.15) is 6.10 Å². The maximum absolute atomic E-state index is 10.4. The van der Waals surface area contributed by atoms with Crippen LogP contribution in [0.1, 0.15) is 64.7 Å². The first-order valence-corrected chi connectivity index (χ1v) is 9.03. The first-order chi connectivity index (χ1) is 11.4. The van der Waals surface area contributed by atoms with Crippen LogP contribution in [0.5, 0.6) is 0 Å². The highest BCUT2D eigenvalue weighted by Crippen LogP contribution is 2.26. The normalized spacial score (nSPS) is 26.8. The van der Waals surface area contributed by atoms with Crippen molar-refractivity contribution in [1.29, 1.82) is 0 Å². The molecule has 0 aromatic carbocycles. The molecule has 1 saturated heterocycles. The number of aliphatic hydroxyl groups is 3. The van der Waals surface area contributed by atoms with Crippen molar-refractivity contribution in [1.82, 2.24) is 0 Å². The third-order valence-corrected chi connectivity index (χ3v) is 4.45. The molecule has 6 heteroatoms. The van der Waals surface area contributed by atoms with E-state index in [1.54, 1.807) is 12.2 Å². The standard InChI is InChI=1S/C18H32O6/c1-2-13(19)10-11-16-15(21)12-17(24-16)14(20)8-6-4-3-5-7-9-18(22)23/h10-11,13-17,19-21H,2-9,12H2,1H3,(H,22,23)/b11-10+/t13-,14-,15-,16+,17+/m0/s1. The van der Waals surface area contributed by atoms with Crippen LogP contribution in [0.25, 0.3) is 0 Å². The Hall–Kier alpha value is -0.950. The molecule has 4 N–H and O–H groups in total. The summed E-state index contributed by atoms with van der Waals surface area (Å²) in [6, 6.07) is 0. The average Bonchev–Trinajstić information content (AvgIpc) is 2.92. The number of hydrogen-bond donors (Lipinski definition) is 4. The molecule has 0 spiro atoms. The van der Waals surface area contributed by atoms with Crippen LogP contribution in [-0.4, -0.2) is 56.9 Å². The molecule has 1 heterocycles. The van der Waals surface area contributed by atoms with E-state index in [2.05, 4.69) is 0 Å². The van der Waals surface area contributed by atoms with Gasteiger partial charge in [-0.1, -0.05) is 44.8 Å². The SMILES string of the molecule is CC[C@H](O)/C=C/[C@H]1O[C@@H]([C@@H](O)CCCCCCCC(=O)O)C[C@@H]1O. The Morgan fingerprint density at radius 1 is 1.21 bits per heavy atom. The Balaban J connectivity index is 2.18. The fourth-order valence-electron chi connectivity index (χ4n) is 2.86. The van der Waals surface area contributed by atoms with E-state index in [1.165, 1.54) is 0 Å². The van der Waals surface area contributed by atoms with Gasteiger partial charge >= 0.3 is 5.97 Å². The summed E-state index contributed by atoms with van der Waals surface area (Å²) in [7, 11) is 0. The van der Waals surface area contributed by atoms with Crippen molar-refractivity contribution in [3.8, 4) is 0 Å². The first kappa shape index (κ1) is 21.1. The van der Waals surface area contributed by atoms with Crippen molar-refractivity contribution in [2.75, 3.05) is 0 Å². The van der Waals surface area contributed by atoms with Gasteiger partial charge in [0.2, 0.25) is 0 Å². The van der Waals surface area contributed by atoms with Gasteiger partial charge < -0.3 is 25.2 Å². The summed E-state index contributed by atoms with van der Waals surface area (Å²) >= 11 is 0. The lowest BCUT2D eigenvalue weighted by Crippen LogP contribution is -2.26. The monoisotopic (exact) mass is 344 g/mol. The average molecular weight is 344 g/mol. The Kier molecular flexibility index (Phi) is 10.2. The topological polar surface area (TPSA) is 107 Å². The lowest BCUT2D eigenvalue weighted by atomic mass is 10.0. The summed E-state index contributed by atoms with van der Waals surface area (Å²) in [6.07, 6.45) is 6.89. The smallest absolute Gasteiger partial charge is 0.303 e. The number of carboxylic acid groups (broad SMARTS) is 1. The molecular formula is C18H32O6. The molecule has 0 radical (unpaired) electrons. The maximum atomic E-state index is 10.4. The van der Waals surface area contributed by atoms with Crippen LogP contribution in [0.15, 0.2) is 12.2 Å². The molecule has 0 aromatic heterocycles. The second-order valence-electron chi connectivity index (χ2n) is 6.57. The molecule has 1 aliphatic heterocycles. The van der Waals surface area contributed by atoms with Crippen LogP contribution in [0.2, 0.25) is 0 Å². The van der Waals surface area contributed by atoms with Crippen LogP contribution >= 0.6 is 0 Å². The van der Waals surface area contributed by atoms with Gasteiger partial charge in [-0.2, -0.15) is 0 Å². The van der Waals surface area contributed by atoms with Crippen molar-refractivity contribution in [3.05, 3.63) is 12.2 Å². The highest BCUT2D eigenvalue weighted by atomic mass is 16.5. The van der Waals surface area contributed by atoms with Gasteiger partial charge in [-0.25, -0.2) is 0 Å².